The highest BCUT2D eigenvalue weighted by Gasteiger charge is 2.35. The Balaban J connectivity index is 1.51. The van der Waals surface area contributed by atoms with Crippen molar-refractivity contribution in [3.8, 4) is 0 Å². The van der Waals surface area contributed by atoms with Crippen molar-refractivity contribution >= 4 is 17.5 Å². The molecule has 0 saturated carbocycles. The molecule has 0 aromatic heterocycles. The van der Waals surface area contributed by atoms with Gasteiger partial charge in [-0.2, -0.15) is 0 Å². The van der Waals surface area contributed by atoms with Crippen LogP contribution < -0.4 is 10.2 Å². The fourth-order valence-electron chi connectivity index (χ4n) is 3.53. The molecular formula is C19H27N3O3. The molecule has 1 atom stereocenters. The molecule has 0 bridgehead atoms. The molecule has 2 fully saturated rings. The predicted octanol–water partition coefficient (Wildman–Crippen LogP) is 1.10. The van der Waals surface area contributed by atoms with Gasteiger partial charge in [0.2, 0.25) is 11.8 Å². The number of benzene rings is 1. The second-order valence-electron chi connectivity index (χ2n) is 6.94. The Bertz CT molecular complexity index is 641. The highest BCUT2D eigenvalue weighted by molar-refractivity contribution is 6.00. The summed E-state index contributed by atoms with van der Waals surface area (Å²) in [5, 5.41) is 2.99. The van der Waals surface area contributed by atoms with Crippen molar-refractivity contribution in [2.45, 2.75) is 20.3 Å². The lowest BCUT2D eigenvalue weighted by molar-refractivity contribution is -0.126. The lowest BCUT2D eigenvalue weighted by Crippen LogP contribution is -2.42. The maximum absolute atomic E-state index is 12.4. The van der Waals surface area contributed by atoms with Crippen molar-refractivity contribution in [2.75, 3.05) is 50.8 Å². The number of rotatable bonds is 5. The number of carbonyl (C=O) groups is 2. The summed E-state index contributed by atoms with van der Waals surface area (Å²) < 4.78 is 5.32. The van der Waals surface area contributed by atoms with Gasteiger partial charge in [-0.3, -0.25) is 14.5 Å². The minimum absolute atomic E-state index is 0.0196. The van der Waals surface area contributed by atoms with E-state index in [1.54, 1.807) is 4.90 Å². The van der Waals surface area contributed by atoms with Gasteiger partial charge in [-0.15, -0.1) is 0 Å². The van der Waals surface area contributed by atoms with E-state index < -0.39 is 0 Å². The van der Waals surface area contributed by atoms with Crippen molar-refractivity contribution in [2.24, 2.45) is 5.92 Å². The number of morpholine rings is 1. The molecule has 2 saturated heterocycles. The van der Waals surface area contributed by atoms with Crippen molar-refractivity contribution in [1.29, 1.82) is 0 Å². The lowest BCUT2D eigenvalue weighted by Gasteiger charge is -2.26. The summed E-state index contributed by atoms with van der Waals surface area (Å²) in [6.45, 7) is 9.30. The molecule has 2 amide bonds. The number of nitrogens with one attached hydrogen (secondary N) is 1. The molecule has 0 radical (unpaired) electrons. The average Bonchev–Trinajstić information content (AvgIpc) is 2.97. The molecule has 1 aromatic rings. The van der Waals surface area contributed by atoms with Crippen LogP contribution >= 0.6 is 0 Å². The van der Waals surface area contributed by atoms with Crippen LogP contribution in [0, 0.1) is 19.8 Å². The number of aryl methyl sites for hydroxylation is 2. The molecule has 0 spiro atoms. The quantitative estimate of drug-likeness (QED) is 0.868. The Morgan fingerprint density at radius 3 is 2.76 bits per heavy atom. The van der Waals surface area contributed by atoms with Crippen molar-refractivity contribution in [3.63, 3.8) is 0 Å². The largest absolute Gasteiger partial charge is 0.379 e. The van der Waals surface area contributed by atoms with Gasteiger partial charge in [0, 0.05) is 44.8 Å². The summed E-state index contributed by atoms with van der Waals surface area (Å²) in [5.74, 6) is -0.257. The van der Waals surface area contributed by atoms with Crippen LogP contribution in [0.5, 0.6) is 0 Å². The minimum atomic E-state index is -0.266. The normalized spacial score (nSPS) is 21.6. The van der Waals surface area contributed by atoms with Crippen LogP contribution in [0.1, 0.15) is 17.5 Å². The van der Waals surface area contributed by atoms with E-state index >= 15 is 0 Å². The second-order valence-corrected chi connectivity index (χ2v) is 6.94. The monoisotopic (exact) mass is 345 g/mol. The first-order valence-electron chi connectivity index (χ1n) is 9.00. The van der Waals surface area contributed by atoms with E-state index in [0.29, 0.717) is 13.1 Å². The number of amides is 2. The van der Waals surface area contributed by atoms with E-state index in [4.69, 9.17) is 4.74 Å². The molecule has 2 heterocycles. The maximum atomic E-state index is 12.4. The molecule has 0 aliphatic carbocycles. The Labute approximate surface area is 149 Å². The van der Waals surface area contributed by atoms with Gasteiger partial charge in [0.1, 0.15) is 0 Å². The zero-order chi connectivity index (χ0) is 17.8. The van der Waals surface area contributed by atoms with E-state index in [0.717, 1.165) is 44.1 Å². The van der Waals surface area contributed by atoms with E-state index in [9.17, 15) is 9.59 Å². The zero-order valence-electron chi connectivity index (χ0n) is 15.1. The van der Waals surface area contributed by atoms with Gasteiger partial charge in [0.25, 0.3) is 0 Å². The summed E-state index contributed by atoms with van der Waals surface area (Å²) in [6, 6.07) is 6.05. The van der Waals surface area contributed by atoms with E-state index in [-0.39, 0.29) is 24.2 Å². The first kappa shape index (κ1) is 17.9. The Kier molecular flexibility index (Phi) is 5.71. The molecule has 3 rings (SSSR count). The summed E-state index contributed by atoms with van der Waals surface area (Å²) >= 11 is 0. The standard InChI is InChI=1S/C19H27N3O3/c1-14-3-4-17(15(2)11-14)22-13-16(12-18(22)23)19(24)20-5-6-21-7-9-25-10-8-21/h3-4,11,16H,5-10,12-13H2,1-2H3,(H,20,24). The molecule has 2 aliphatic rings. The third kappa shape index (κ3) is 4.38. The van der Waals surface area contributed by atoms with Gasteiger partial charge in [0.05, 0.1) is 19.1 Å². The van der Waals surface area contributed by atoms with Crippen LogP contribution in [-0.2, 0) is 14.3 Å². The number of hydrogen-bond donors (Lipinski definition) is 1. The van der Waals surface area contributed by atoms with Gasteiger partial charge in [-0.05, 0) is 25.5 Å². The summed E-state index contributed by atoms with van der Waals surface area (Å²) in [4.78, 5) is 28.8. The molecule has 1 N–H and O–H groups in total. The van der Waals surface area contributed by atoms with Crippen LogP contribution in [0.3, 0.4) is 0 Å². The first-order chi connectivity index (χ1) is 12.0. The SMILES string of the molecule is Cc1ccc(N2CC(C(=O)NCCN3CCOCC3)CC2=O)c(C)c1. The maximum Gasteiger partial charge on any atom is 0.227 e. The molecule has 1 aromatic carbocycles. The highest BCUT2D eigenvalue weighted by Crippen LogP contribution is 2.28. The fraction of sp³-hybridized carbons (Fsp3) is 0.579. The number of hydrogen-bond acceptors (Lipinski definition) is 4. The molecule has 6 heteroatoms. The zero-order valence-corrected chi connectivity index (χ0v) is 15.1. The van der Waals surface area contributed by atoms with Crippen molar-refractivity contribution < 1.29 is 14.3 Å². The molecule has 1 unspecified atom stereocenters. The number of carbonyl (C=O) groups excluding carboxylic acids is 2. The van der Waals surface area contributed by atoms with Gasteiger partial charge in [-0.25, -0.2) is 0 Å². The van der Waals surface area contributed by atoms with Crippen LogP contribution in [0.2, 0.25) is 0 Å². The number of ether oxygens (including phenoxy) is 1. The third-order valence-electron chi connectivity index (χ3n) is 4.97. The van der Waals surface area contributed by atoms with Gasteiger partial charge in [0.15, 0.2) is 0 Å². The summed E-state index contributed by atoms with van der Waals surface area (Å²) in [7, 11) is 0. The highest BCUT2D eigenvalue weighted by atomic mass is 16.5. The van der Waals surface area contributed by atoms with Crippen molar-refractivity contribution in [1.82, 2.24) is 10.2 Å². The molecular weight excluding hydrogens is 318 g/mol. The molecule has 6 nitrogen and oxygen atoms in total. The Morgan fingerprint density at radius 1 is 1.28 bits per heavy atom. The fourth-order valence-corrected chi connectivity index (χ4v) is 3.53. The Morgan fingerprint density at radius 2 is 2.04 bits per heavy atom. The summed E-state index contributed by atoms with van der Waals surface area (Å²) in [5.41, 5.74) is 3.16. The predicted molar refractivity (Wildman–Crippen MR) is 96.6 cm³/mol. The van der Waals surface area contributed by atoms with Crippen LogP contribution in [0.25, 0.3) is 0 Å². The van der Waals surface area contributed by atoms with Gasteiger partial charge < -0.3 is 15.0 Å². The first-order valence-corrected chi connectivity index (χ1v) is 9.00. The van der Waals surface area contributed by atoms with Crippen LogP contribution in [-0.4, -0.2) is 62.7 Å². The second kappa shape index (κ2) is 7.97. The minimum Gasteiger partial charge on any atom is -0.379 e. The topological polar surface area (TPSA) is 61.9 Å². The van der Waals surface area contributed by atoms with E-state index in [2.05, 4.69) is 16.3 Å². The van der Waals surface area contributed by atoms with E-state index in [1.165, 1.54) is 5.56 Å². The number of anilines is 1. The molecule has 25 heavy (non-hydrogen) atoms. The summed E-state index contributed by atoms with van der Waals surface area (Å²) in [6.07, 6.45) is 0.288. The van der Waals surface area contributed by atoms with Crippen LogP contribution in [0.4, 0.5) is 5.69 Å². The third-order valence-corrected chi connectivity index (χ3v) is 4.97. The average molecular weight is 345 g/mol. The lowest BCUT2D eigenvalue weighted by atomic mass is 10.1. The van der Waals surface area contributed by atoms with Crippen molar-refractivity contribution in [3.05, 3.63) is 29.3 Å². The molecule has 136 valence electrons. The van der Waals surface area contributed by atoms with E-state index in [1.807, 2.05) is 26.0 Å². The smallest absolute Gasteiger partial charge is 0.227 e. The van der Waals surface area contributed by atoms with Gasteiger partial charge >= 0.3 is 0 Å². The van der Waals surface area contributed by atoms with Crippen LogP contribution in [0.15, 0.2) is 18.2 Å². The number of nitrogens with zero attached hydrogens (tertiary/aromatic N) is 2. The Hall–Kier alpha value is -1.92. The van der Waals surface area contributed by atoms with Gasteiger partial charge in [-0.1, -0.05) is 17.7 Å². The molecule has 2 aliphatic heterocycles.